The molecule has 14 heteroatoms. The van der Waals surface area contributed by atoms with Gasteiger partial charge in [0.05, 0.1) is 0 Å². The van der Waals surface area contributed by atoms with Crippen molar-refractivity contribution in [2.75, 3.05) is 7.11 Å². The highest BCUT2D eigenvalue weighted by atomic mass is 35.5. The number of hydrogen-bond acceptors (Lipinski definition) is 2. The first-order valence-electron chi connectivity index (χ1n) is 5.46. The lowest BCUT2D eigenvalue weighted by Crippen LogP contribution is -2.68. The minimum atomic E-state index is -6.52. The average Bonchev–Trinajstić information content (AvgIpc) is 2.30. The van der Waals surface area contributed by atoms with Crippen molar-refractivity contribution >= 4 is 23.2 Å². The van der Waals surface area contributed by atoms with Gasteiger partial charge in [0.1, 0.15) is 0 Å². The van der Waals surface area contributed by atoms with E-state index in [2.05, 4.69) is 39.3 Å². The van der Waals surface area contributed by atoms with Crippen molar-refractivity contribution in [3.05, 3.63) is 12.7 Å². The fraction of sp³-hybridized carbons (Fsp3) is 0.800. The maximum absolute atomic E-state index is 13.8. The zero-order valence-electron chi connectivity index (χ0n) is 11.3. The third-order valence-corrected chi connectivity index (χ3v) is 3.35. The molecule has 0 amide bonds. The first-order valence-corrected chi connectivity index (χ1v) is 6.21. The summed E-state index contributed by atoms with van der Waals surface area (Å²) in [5.74, 6) is -6.42. The van der Waals surface area contributed by atoms with Gasteiger partial charge in [0, 0.05) is 13.5 Å². The lowest BCUT2D eigenvalue weighted by atomic mass is 9.89. The molecule has 0 aliphatic rings. The van der Waals surface area contributed by atoms with Crippen LogP contribution in [0.15, 0.2) is 12.7 Å². The van der Waals surface area contributed by atoms with E-state index in [1.165, 1.54) is 0 Å². The number of methoxy groups -OCH3 is 1. The van der Waals surface area contributed by atoms with Crippen molar-refractivity contribution in [1.82, 2.24) is 0 Å². The van der Waals surface area contributed by atoms with Gasteiger partial charge in [-0.2, -0.15) is 43.9 Å². The van der Waals surface area contributed by atoms with Crippen molar-refractivity contribution in [1.29, 1.82) is 0 Å². The van der Waals surface area contributed by atoms with Gasteiger partial charge < -0.3 is 4.74 Å². The smallest absolute Gasteiger partial charge is 0.363 e. The normalized spacial score (nSPS) is 19.5. The predicted octanol–water partition coefficient (Wildman–Crippen LogP) is 5.45. The van der Waals surface area contributed by atoms with Crippen LogP contribution in [0, 0.1) is 0 Å². The minimum Gasteiger partial charge on any atom is -0.363 e. The van der Waals surface area contributed by atoms with Crippen molar-refractivity contribution in [2.45, 2.75) is 40.9 Å². The van der Waals surface area contributed by atoms with Gasteiger partial charge in [-0.05, 0) is 23.2 Å². The van der Waals surface area contributed by atoms with E-state index < -0.39 is 40.9 Å². The minimum absolute atomic E-state index is 0.0134. The Kier molecular flexibility index (Phi) is 6.56. The Morgan fingerprint density at radius 1 is 0.917 bits per heavy atom. The molecule has 24 heavy (non-hydrogen) atoms. The zero-order chi connectivity index (χ0) is 19.8. The summed E-state index contributed by atoms with van der Waals surface area (Å²) in [5, 5.41) is -10.9. The average molecular weight is 421 g/mol. The highest BCUT2D eigenvalue weighted by Crippen LogP contribution is 2.56. The van der Waals surface area contributed by atoms with Gasteiger partial charge in [0.15, 0.2) is 0 Å². The molecule has 0 aromatic heterocycles. The van der Waals surface area contributed by atoms with Gasteiger partial charge >= 0.3 is 28.9 Å². The summed E-state index contributed by atoms with van der Waals surface area (Å²) in [6.45, 7) is 2.68. The lowest BCUT2D eigenvalue weighted by Gasteiger charge is -2.43. The second kappa shape index (κ2) is 6.69. The molecule has 2 nitrogen and oxygen atoms in total. The van der Waals surface area contributed by atoms with Crippen LogP contribution in [0.1, 0.15) is 6.42 Å². The molecule has 0 aliphatic carbocycles. The van der Waals surface area contributed by atoms with Crippen LogP contribution >= 0.6 is 23.2 Å². The van der Waals surface area contributed by atoms with E-state index in [0.717, 1.165) is 0 Å². The third-order valence-electron chi connectivity index (χ3n) is 2.70. The summed E-state index contributed by atoms with van der Waals surface area (Å²) in [7, 11) is -0.0134. The van der Waals surface area contributed by atoms with Crippen LogP contribution in [-0.4, -0.2) is 41.6 Å². The molecule has 2 atom stereocenters. The standard InChI is InChI=1S/C10H8Cl2F10O2/c1-3-4-5(23-2,9(18,19)20)6(13,14)10(21,22)24-8(12,17)7(11,15)16/h3H,1,4H2,2H3. The number of halogens is 12. The van der Waals surface area contributed by atoms with E-state index in [-0.39, 0.29) is 13.2 Å². The molecule has 0 aliphatic heterocycles. The summed E-state index contributed by atoms with van der Waals surface area (Å²) >= 11 is 8.13. The van der Waals surface area contributed by atoms with Gasteiger partial charge in [-0.1, -0.05) is 6.08 Å². The van der Waals surface area contributed by atoms with Crippen molar-refractivity contribution in [3.8, 4) is 0 Å². The predicted molar refractivity (Wildman–Crippen MR) is 62.1 cm³/mol. The van der Waals surface area contributed by atoms with E-state index in [9.17, 15) is 43.9 Å². The van der Waals surface area contributed by atoms with Crippen molar-refractivity contribution in [3.63, 3.8) is 0 Å². The Balaban J connectivity index is 6.19. The second-order valence-electron chi connectivity index (χ2n) is 4.23. The molecule has 0 saturated heterocycles. The summed E-state index contributed by atoms with van der Waals surface area (Å²) in [4.78, 5) is 0. The molecule has 0 N–H and O–H groups in total. The first kappa shape index (κ1) is 23.5. The Labute approximate surface area is 138 Å². The van der Waals surface area contributed by atoms with Crippen LogP contribution in [0.2, 0.25) is 0 Å². The number of ether oxygens (including phenoxy) is 2. The summed E-state index contributed by atoms with van der Waals surface area (Å²) in [5.41, 5.74) is -4.99. The maximum Gasteiger partial charge on any atom is 0.426 e. The molecule has 0 aromatic carbocycles. The van der Waals surface area contributed by atoms with Crippen LogP contribution in [-0.2, 0) is 9.47 Å². The van der Waals surface area contributed by atoms with E-state index in [1.54, 1.807) is 0 Å². The third kappa shape index (κ3) is 3.86. The Hall–Kier alpha value is -0.460. The molecule has 0 fully saturated rings. The molecule has 0 heterocycles. The van der Waals surface area contributed by atoms with Gasteiger partial charge in [-0.25, -0.2) is 0 Å². The fourth-order valence-electron chi connectivity index (χ4n) is 1.47. The van der Waals surface area contributed by atoms with Gasteiger partial charge in [-0.15, -0.1) is 6.58 Å². The molecular weight excluding hydrogens is 413 g/mol. The molecule has 0 bridgehead atoms. The molecular formula is C10H8Cl2F10O2. The fourth-order valence-corrected chi connectivity index (χ4v) is 1.61. The number of alkyl halides is 12. The lowest BCUT2D eigenvalue weighted by molar-refractivity contribution is -0.458. The molecule has 0 aromatic rings. The number of hydrogen-bond donors (Lipinski definition) is 0. The van der Waals surface area contributed by atoms with E-state index in [0.29, 0.717) is 0 Å². The first-order chi connectivity index (χ1) is 10.3. The molecule has 0 radical (unpaired) electrons. The SMILES string of the molecule is C=CCC(OC)(C(F)(F)F)C(F)(F)C(F)(F)OC(F)(Cl)C(F)(F)Cl. The van der Waals surface area contributed by atoms with Gasteiger partial charge in [0.25, 0.3) is 0 Å². The van der Waals surface area contributed by atoms with Crippen LogP contribution < -0.4 is 0 Å². The maximum atomic E-state index is 13.8. The van der Waals surface area contributed by atoms with Crippen LogP contribution in [0.4, 0.5) is 43.9 Å². The van der Waals surface area contributed by atoms with E-state index in [1.807, 2.05) is 0 Å². The highest BCUT2D eigenvalue weighted by molar-refractivity contribution is 6.31. The second-order valence-corrected chi connectivity index (χ2v) is 5.19. The van der Waals surface area contributed by atoms with Gasteiger partial charge in [0.2, 0.25) is 5.60 Å². The number of rotatable bonds is 8. The van der Waals surface area contributed by atoms with Crippen LogP contribution in [0.3, 0.4) is 0 Å². The van der Waals surface area contributed by atoms with E-state index >= 15 is 0 Å². The van der Waals surface area contributed by atoms with Crippen LogP contribution in [0.5, 0.6) is 0 Å². The molecule has 0 spiro atoms. The Bertz CT molecular complexity index is 460. The highest BCUT2D eigenvalue weighted by Gasteiger charge is 2.81. The van der Waals surface area contributed by atoms with Crippen LogP contribution in [0.25, 0.3) is 0 Å². The monoisotopic (exact) mass is 420 g/mol. The molecule has 0 rings (SSSR count). The molecule has 0 saturated carbocycles. The van der Waals surface area contributed by atoms with Crippen molar-refractivity contribution in [2.24, 2.45) is 0 Å². The Morgan fingerprint density at radius 2 is 1.33 bits per heavy atom. The summed E-state index contributed by atoms with van der Waals surface area (Å²) in [6.07, 6.45) is -14.5. The molecule has 2 unspecified atom stereocenters. The van der Waals surface area contributed by atoms with Crippen molar-refractivity contribution < 1.29 is 53.4 Å². The topological polar surface area (TPSA) is 18.5 Å². The van der Waals surface area contributed by atoms with E-state index in [4.69, 9.17) is 0 Å². The summed E-state index contributed by atoms with van der Waals surface area (Å²) < 4.78 is 137. The molecule has 144 valence electrons. The Morgan fingerprint density at radius 3 is 1.58 bits per heavy atom. The van der Waals surface area contributed by atoms with Gasteiger partial charge in [-0.3, -0.25) is 4.74 Å². The summed E-state index contributed by atoms with van der Waals surface area (Å²) in [6, 6.07) is 0. The quantitative estimate of drug-likeness (QED) is 0.295. The largest absolute Gasteiger partial charge is 0.426 e. The zero-order valence-corrected chi connectivity index (χ0v) is 12.9.